The SMILES string of the molecule is CCOC(=O)[C@@H](N=C(SC)SC)[C@@H](C)CC(=O)OC. The largest absolute Gasteiger partial charge is 0.469 e. The third kappa shape index (κ3) is 6.87. The van der Waals surface area contributed by atoms with E-state index >= 15 is 0 Å². The van der Waals surface area contributed by atoms with Crippen LogP contribution in [-0.4, -0.2) is 48.6 Å². The Morgan fingerprint density at radius 3 is 2.26 bits per heavy atom. The van der Waals surface area contributed by atoms with Crippen molar-refractivity contribution in [2.75, 3.05) is 26.2 Å². The predicted octanol–water partition coefficient (Wildman–Crippen LogP) is 2.20. The maximum atomic E-state index is 11.9. The fraction of sp³-hybridized carbons (Fsp3) is 0.750. The Kier molecular flexibility index (Phi) is 9.77. The van der Waals surface area contributed by atoms with Crippen LogP contribution in [0.25, 0.3) is 0 Å². The summed E-state index contributed by atoms with van der Waals surface area (Å²) in [5, 5.41) is 0. The molecule has 0 rings (SSSR count). The van der Waals surface area contributed by atoms with Crippen LogP contribution < -0.4 is 0 Å². The van der Waals surface area contributed by atoms with Crippen LogP contribution in [0.15, 0.2) is 4.99 Å². The average Bonchev–Trinajstić information content (AvgIpc) is 2.39. The van der Waals surface area contributed by atoms with Crippen molar-refractivity contribution >= 4 is 39.8 Å². The number of hydrogen-bond acceptors (Lipinski definition) is 7. The highest BCUT2D eigenvalue weighted by Gasteiger charge is 2.28. The Bertz CT molecular complexity index is 328. The van der Waals surface area contributed by atoms with Gasteiger partial charge in [0, 0.05) is 0 Å². The lowest BCUT2D eigenvalue weighted by Crippen LogP contribution is -2.30. The predicted molar refractivity (Wildman–Crippen MR) is 80.7 cm³/mol. The number of carbonyl (C=O) groups excluding carboxylic acids is 2. The molecule has 19 heavy (non-hydrogen) atoms. The van der Waals surface area contributed by atoms with Gasteiger partial charge in [-0.2, -0.15) is 0 Å². The van der Waals surface area contributed by atoms with Crippen LogP contribution in [0.1, 0.15) is 20.3 Å². The highest BCUT2D eigenvalue weighted by Crippen LogP contribution is 2.19. The van der Waals surface area contributed by atoms with Gasteiger partial charge in [0.25, 0.3) is 0 Å². The van der Waals surface area contributed by atoms with Crippen LogP contribution in [0.4, 0.5) is 0 Å². The maximum Gasteiger partial charge on any atom is 0.331 e. The minimum Gasteiger partial charge on any atom is -0.469 e. The van der Waals surface area contributed by atoms with Gasteiger partial charge >= 0.3 is 11.9 Å². The molecule has 0 saturated carbocycles. The lowest BCUT2D eigenvalue weighted by atomic mass is 9.99. The molecule has 0 bridgehead atoms. The summed E-state index contributed by atoms with van der Waals surface area (Å²) in [7, 11) is 1.33. The summed E-state index contributed by atoms with van der Waals surface area (Å²) in [6.07, 6.45) is 3.92. The van der Waals surface area contributed by atoms with Crippen LogP contribution in [0.2, 0.25) is 0 Å². The first kappa shape index (κ1) is 18.3. The molecule has 0 saturated heterocycles. The first-order valence-electron chi connectivity index (χ1n) is 5.89. The van der Waals surface area contributed by atoms with Gasteiger partial charge in [-0.15, -0.1) is 23.5 Å². The number of hydrogen-bond donors (Lipinski definition) is 0. The van der Waals surface area contributed by atoms with Crippen molar-refractivity contribution in [1.29, 1.82) is 0 Å². The molecule has 0 amide bonds. The fourth-order valence-corrected chi connectivity index (χ4v) is 2.50. The fourth-order valence-electron chi connectivity index (χ4n) is 1.40. The van der Waals surface area contributed by atoms with Crippen molar-refractivity contribution in [2.24, 2.45) is 10.9 Å². The molecule has 0 aliphatic carbocycles. The van der Waals surface area contributed by atoms with Gasteiger partial charge in [0.2, 0.25) is 0 Å². The van der Waals surface area contributed by atoms with Gasteiger partial charge in [-0.25, -0.2) is 4.79 Å². The van der Waals surface area contributed by atoms with E-state index in [0.717, 1.165) is 4.38 Å². The highest BCUT2D eigenvalue weighted by molar-refractivity contribution is 8.38. The summed E-state index contributed by atoms with van der Waals surface area (Å²) in [4.78, 5) is 27.6. The molecule has 0 aromatic rings. The van der Waals surface area contributed by atoms with E-state index in [1.54, 1.807) is 13.8 Å². The van der Waals surface area contributed by atoms with Crippen molar-refractivity contribution < 1.29 is 19.1 Å². The number of nitrogens with zero attached hydrogens (tertiary/aromatic N) is 1. The third-order valence-corrected chi connectivity index (χ3v) is 4.29. The van der Waals surface area contributed by atoms with Crippen LogP contribution >= 0.6 is 23.5 Å². The third-order valence-electron chi connectivity index (χ3n) is 2.38. The van der Waals surface area contributed by atoms with E-state index in [9.17, 15) is 9.59 Å². The second-order valence-corrected chi connectivity index (χ2v) is 5.61. The first-order chi connectivity index (χ1) is 8.99. The van der Waals surface area contributed by atoms with Gasteiger partial charge in [-0.1, -0.05) is 6.92 Å². The topological polar surface area (TPSA) is 65.0 Å². The molecular formula is C12H21NO4S2. The Morgan fingerprint density at radius 2 is 1.84 bits per heavy atom. The first-order valence-corrected chi connectivity index (χ1v) is 8.34. The highest BCUT2D eigenvalue weighted by atomic mass is 32.2. The standard InChI is InChI=1S/C12H21NO4S2/c1-6-17-11(15)10(13-12(18-4)19-5)8(2)7-9(14)16-3/h8,10H,6-7H2,1-5H3/t8-,10-/m0/s1. The average molecular weight is 307 g/mol. The van der Waals surface area contributed by atoms with E-state index in [-0.39, 0.29) is 18.3 Å². The zero-order chi connectivity index (χ0) is 14.8. The summed E-state index contributed by atoms with van der Waals surface area (Å²) < 4.78 is 10.4. The zero-order valence-electron chi connectivity index (χ0n) is 12.0. The molecule has 7 heteroatoms. The van der Waals surface area contributed by atoms with Gasteiger partial charge in [0.1, 0.15) is 4.38 Å². The number of aliphatic imine (C=N–C) groups is 1. The number of rotatable bonds is 6. The van der Waals surface area contributed by atoms with Gasteiger partial charge in [0.15, 0.2) is 6.04 Å². The van der Waals surface area contributed by atoms with E-state index in [0.29, 0.717) is 6.61 Å². The second-order valence-electron chi connectivity index (χ2n) is 3.76. The summed E-state index contributed by atoms with van der Waals surface area (Å²) in [6, 6.07) is -0.672. The van der Waals surface area contributed by atoms with Crippen molar-refractivity contribution in [2.45, 2.75) is 26.3 Å². The Balaban J connectivity index is 4.99. The minimum absolute atomic E-state index is 0.138. The quantitative estimate of drug-likeness (QED) is 0.426. The van der Waals surface area contributed by atoms with E-state index in [2.05, 4.69) is 9.73 Å². The van der Waals surface area contributed by atoms with Gasteiger partial charge in [0.05, 0.1) is 20.1 Å². The van der Waals surface area contributed by atoms with Crippen molar-refractivity contribution in [3.8, 4) is 0 Å². The molecule has 5 nitrogen and oxygen atoms in total. The van der Waals surface area contributed by atoms with Crippen molar-refractivity contribution in [3.63, 3.8) is 0 Å². The van der Waals surface area contributed by atoms with Gasteiger partial charge in [-0.3, -0.25) is 9.79 Å². The Hall–Kier alpha value is -0.690. The van der Waals surface area contributed by atoms with Crippen LogP contribution in [-0.2, 0) is 19.1 Å². The summed E-state index contributed by atoms with van der Waals surface area (Å²) in [6.45, 7) is 3.83. The molecular weight excluding hydrogens is 286 g/mol. The molecule has 0 radical (unpaired) electrons. The molecule has 110 valence electrons. The molecule has 0 aromatic carbocycles. The monoisotopic (exact) mass is 307 g/mol. The smallest absolute Gasteiger partial charge is 0.331 e. The molecule has 0 aliphatic rings. The molecule has 0 heterocycles. The van der Waals surface area contributed by atoms with Crippen molar-refractivity contribution in [1.82, 2.24) is 0 Å². The normalized spacial score (nSPS) is 13.3. The van der Waals surface area contributed by atoms with Gasteiger partial charge in [-0.05, 0) is 25.4 Å². The number of carbonyl (C=O) groups is 2. The lowest BCUT2D eigenvalue weighted by Gasteiger charge is -2.18. The Labute approximate surface area is 122 Å². The summed E-state index contributed by atoms with van der Waals surface area (Å²) in [5.74, 6) is -1.02. The molecule has 0 aliphatic heterocycles. The van der Waals surface area contributed by atoms with E-state index in [4.69, 9.17) is 4.74 Å². The van der Waals surface area contributed by atoms with Crippen LogP contribution in [0.3, 0.4) is 0 Å². The van der Waals surface area contributed by atoms with E-state index in [1.165, 1.54) is 30.6 Å². The molecule has 0 spiro atoms. The zero-order valence-corrected chi connectivity index (χ0v) is 13.6. The van der Waals surface area contributed by atoms with Crippen LogP contribution in [0, 0.1) is 5.92 Å². The summed E-state index contributed by atoms with van der Waals surface area (Å²) in [5.41, 5.74) is 0. The number of methoxy groups -OCH3 is 1. The molecule has 0 fully saturated rings. The summed E-state index contributed by atoms with van der Waals surface area (Å²) >= 11 is 2.93. The van der Waals surface area contributed by atoms with Crippen LogP contribution in [0.5, 0.6) is 0 Å². The second kappa shape index (κ2) is 10.1. The number of thioether (sulfide) groups is 2. The van der Waals surface area contributed by atoms with Crippen molar-refractivity contribution in [3.05, 3.63) is 0 Å². The molecule has 0 aromatic heterocycles. The van der Waals surface area contributed by atoms with E-state index in [1.807, 2.05) is 12.5 Å². The van der Waals surface area contributed by atoms with Gasteiger partial charge < -0.3 is 9.47 Å². The van der Waals surface area contributed by atoms with E-state index < -0.39 is 12.0 Å². The number of ether oxygens (including phenoxy) is 2. The maximum absolute atomic E-state index is 11.9. The molecule has 2 atom stereocenters. The number of esters is 2. The Morgan fingerprint density at radius 1 is 1.26 bits per heavy atom. The molecule has 0 N–H and O–H groups in total. The lowest BCUT2D eigenvalue weighted by molar-refractivity contribution is -0.147. The minimum atomic E-state index is -0.672. The molecule has 0 unspecified atom stereocenters.